The summed E-state index contributed by atoms with van der Waals surface area (Å²) in [5.74, 6) is 0.955. The van der Waals surface area contributed by atoms with Crippen LogP contribution in [0.1, 0.15) is 39.5 Å². The smallest absolute Gasteiger partial charge is 0.0512 e. The molecule has 2 unspecified atom stereocenters. The van der Waals surface area contributed by atoms with E-state index in [1.54, 1.807) is 0 Å². The Morgan fingerprint density at radius 3 is 2.46 bits per heavy atom. The fourth-order valence-corrected chi connectivity index (χ4v) is 1.78. The molecule has 1 aliphatic rings. The van der Waals surface area contributed by atoms with E-state index in [0.29, 0.717) is 0 Å². The van der Waals surface area contributed by atoms with E-state index >= 15 is 0 Å². The van der Waals surface area contributed by atoms with Crippen molar-refractivity contribution in [1.29, 1.82) is 0 Å². The van der Waals surface area contributed by atoms with Crippen LogP contribution in [0.4, 0.5) is 0 Å². The molecule has 0 radical (unpaired) electrons. The van der Waals surface area contributed by atoms with Gasteiger partial charge in [0.2, 0.25) is 0 Å². The zero-order valence-corrected chi connectivity index (χ0v) is 9.16. The SMILES string of the molecule is CC(O)CCCN(C)C(C)C1CC1. The van der Waals surface area contributed by atoms with Crippen molar-refractivity contribution in [3.8, 4) is 0 Å². The van der Waals surface area contributed by atoms with E-state index in [0.717, 1.165) is 31.3 Å². The molecule has 0 aromatic carbocycles. The highest BCUT2D eigenvalue weighted by atomic mass is 16.3. The third-order valence-electron chi connectivity index (χ3n) is 3.13. The first-order valence-electron chi connectivity index (χ1n) is 5.49. The number of hydrogen-bond donors (Lipinski definition) is 1. The fourth-order valence-electron chi connectivity index (χ4n) is 1.78. The van der Waals surface area contributed by atoms with Gasteiger partial charge in [-0.1, -0.05) is 0 Å². The largest absolute Gasteiger partial charge is 0.393 e. The Kier molecular flexibility index (Phi) is 4.20. The highest BCUT2D eigenvalue weighted by Gasteiger charge is 2.29. The molecule has 0 aliphatic heterocycles. The summed E-state index contributed by atoms with van der Waals surface area (Å²) in [4.78, 5) is 2.43. The van der Waals surface area contributed by atoms with Gasteiger partial charge >= 0.3 is 0 Å². The van der Waals surface area contributed by atoms with Gasteiger partial charge in [-0.3, -0.25) is 0 Å². The number of rotatable bonds is 6. The molecular formula is C11H23NO. The second-order valence-electron chi connectivity index (χ2n) is 4.55. The topological polar surface area (TPSA) is 23.5 Å². The van der Waals surface area contributed by atoms with Crippen molar-refractivity contribution >= 4 is 0 Å². The molecule has 2 nitrogen and oxygen atoms in total. The van der Waals surface area contributed by atoms with Gasteiger partial charge in [0.15, 0.2) is 0 Å². The fraction of sp³-hybridized carbons (Fsp3) is 1.00. The number of aliphatic hydroxyl groups excluding tert-OH is 1. The Morgan fingerprint density at radius 1 is 1.38 bits per heavy atom. The first-order chi connectivity index (χ1) is 6.11. The molecule has 1 rings (SSSR count). The minimum Gasteiger partial charge on any atom is -0.393 e. The van der Waals surface area contributed by atoms with Gasteiger partial charge in [0.25, 0.3) is 0 Å². The summed E-state index contributed by atoms with van der Waals surface area (Å²) in [6.45, 7) is 5.31. The van der Waals surface area contributed by atoms with E-state index in [2.05, 4.69) is 18.9 Å². The predicted octanol–water partition coefficient (Wildman–Crippen LogP) is 1.88. The summed E-state index contributed by atoms with van der Waals surface area (Å²) in [6, 6.07) is 0.744. The molecule has 2 atom stereocenters. The Labute approximate surface area is 81.9 Å². The van der Waals surface area contributed by atoms with Crippen LogP contribution in [0.25, 0.3) is 0 Å². The van der Waals surface area contributed by atoms with Crippen molar-refractivity contribution in [3.05, 3.63) is 0 Å². The second-order valence-corrected chi connectivity index (χ2v) is 4.55. The molecule has 0 spiro atoms. The molecule has 0 aromatic rings. The van der Waals surface area contributed by atoms with Crippen LogP contribution in [-0.4, -0.2) is 35.7 Å². The molecule has 13 heavy (non-hydrogen) atoms. The van der Waals surface area contributed by atoms with Gasteiger partial charge in [0.1, 0.15) is 0 Å². The molecule has 1 fully saturated rings. The normalized spacial score (nSPS) is 21.9. The Hall–Kier alpha value is -0.0800. The summed E-state index contributed by atoms with van der Waals surface area (Å²) < 4.78 is 0. The molecule has 78 valence electrons. The van der Waals surface area contributed by atoms with E-state index in [1.165, 1.54) is 12.8 Å². The van der Waals surface area contributed by atoms with Gasteiger partial charge in [-0.2, -0.15) is 0 Å². The van der Waals surface area contributed by atoms with Crippen LogP contribution in [0.5, 0.6) is 0 Å². The van der Waals surface area contributed by atoms with E-state index in [9.17, 15) is 0 Å². The summed E-state index contributed by atoms with van der Waals surface area (Å²) in [7, 11) is 2.20. The monoisotopic (exact) mass is 185 g/mol. The quantitative estimate of drug-likeness (QED) is 0.683. The molecule has 1 N–H and O–H groups in total. The van der Waals surface area contributed by atoms with Crippen LogP contribution in [0.2, 0.25) is 0 Å². The van der Waals surface area contributed by atoms with E-state index in [1.807, 2.05) is 6.92 Å². The molecule has 1 aliphatic carbocycles. The first-order valence-corrected chi connectivity index (χ1v) is 5.49. The minimum atomic E-state index is -0.135. The zero-order valence-electron chi connectivity index (χ0n) is 9.16. The van der Waals surface area contributed by atoms with Crippen molar-refractivity contribution in [2.45, 2.75) is 51.7 Å². The van der Waals surface area contributed by atoms with Crippen molar-refractivity contribution < 1.29 is 5.11 Å². The Balaban J connectivity index is 2.05. The summed E-state index contributed by atoms with van der Waals surface area (Å²) in [5, 5.41) is 9.11. The molecule has 0 saturated heterocycles. The van der Waals surface area contributed by atoms with Crippen molar-refractivity contribution in [3.63, 3.8) is 0 Å². The number of aliphatic hydroxyl groups is 1. The lowest BCUT2D eigenvalue weighted by Gasteiger charge is -2.24. The first kappa shape index (κ1) is 11.0. The molecule has 0 amide bonds. The molecule has 0 bridgehead atoms. The molecule has 0 aromatic heterocycles. The third-order valence-corrected chi connectivity index (χ3v) is 3.13. The van der Waals surface area contributed by atoms with Crippen LogP contribution in [0.15, 0.2) is 0 Å². The standard InChI is InChI=1S/C11H23NO/c1-9(13)5-4-8-12(3)10(2)11-6-7-11/h9-11,13H,4-8H2,1-3H3. The van der Waals surface area contributed by atoms with Crippen molar-refractivity contribution in [2.75, 3.05) is 13.6 Å². The zero-order chi connectivity index (χ0) is 9.84. The maximum absolute atomic E-state index is 9.11. The van der Waals surface area contributed by atoms with Crippen LogP contribution >= 0.6 is 0 Å². The molecule has 0 heterocycles. The van der Waals surface area contributed by atoms with Crippen molar-refractivity contribution in [2.24, 2.45) is 5.92 Å². The Bertz CT molecular complexity index is 143. The van der Waals surface area contributed by atoms with E-state index in [-0.39, 0.29) is 6.10 Å². The van der Waals surface area contributed by atoms with Gasteiger partial charge < -0.3 is 10.0 Å². The lowest BCUT2D eigenvalue weighted by Crippen LogP contribution is -2.31. The Morgan fingerprint density at radius 2 is 2.00 bits per heavy atom. The maximum Gasteiger partial charge on any atom is 0.0512 e. The van der Waals surface area contributed by atoms with Gasteiger partial charge in [-0.25, -0.2) is 0 Å². The number of nitrogens with zero attached hydrogens (tertiary/aromatic N) is 1. The third kappa shape index (κ3) is 4.10. The van der Waals surface area contributed by atoms with Gasteiger partial charge in [0, 0.05) is 6.04 Å². The highest BCUT2D eigenvalue weighted by Crippen LogP contribution is 2.34. The van der Waals surface area contributed by atoms with Crippen LogP contribution in [0.3, 0.4) is 0 Å². The van der Waals surface area contributed by atoms with Gasteiger partial charge in [-0.05, 0) is 59.0 Å². The lowest BCUT2D eigenvalue weighted by atomic mass is 10.1. The highest BCUT2D eigenvalue weighted by molar-refractivity contribution is 4.83. The van der Waals surface area contributed by atoms with Gasteiger partial charge in [-0.15, -0.1) is 0 Å². The van der Waals surface area contributed by atoms with Crippen LogP contribution in [-0.2, 0) is 0 Å². The number of hydrogen-bond acceptors (Lipinski definition) is 2. The lowest BCUT2D eigenvalue weighted by molar-refractivity contribution is 0.165. The van der Waals surface area contributed by atoms with Crippen molar-refractivity contribution in [1.82, 2.24) is 4.90 Å². The average Bonchev–Trinajstić information content (AvgIpc) is 2.84. The minimum absolute atomic E-state index is 0.135. The van der Waals surface area contributed by atoms with E-state index < -0.39 is 0 Å². The van der Waals surface area contributed by atoms with Crippen LogP contribution in [0, 0.1) is 5.92 Å². The van der Waals surface area contributed by atoms with Crippen LogP contribution < -0.4 is 0 Å². The molecule has 2 heteroatoms. The second kappa shape index (κ2) is 4.97. The average molecular weight is 185 g/mol. The summed E-state index contributed by atoms with van der Waals surface area (Å²) >= 11 is 0. The molecule has 1 saturated carbocycles. The predicted molar refractivity (Wildman–Crippen MR) is 55.7 cm³/mol. The summed E-state index contributed by atoms with van der Waals surface area (Å²) in [6.07, 6.45) is 4.75. The molecular weight excluding hydrogens is 162 g/mol. The summed E-state index contributed by atoms with van der Waals surface area (Å²) in [5.41, 5.74) is 0. The van der Waals surface area contributed by atoms with E-state index in [4.69, 9.17) is 5.11 Å². The van der Waals surface area contributed by atoms with Gasteiger partial charge in [0.05, 0.1) is 6.10 Å². The maximum atomic E-state index is 9.11.